The third-order valence-electron chi connectivity index (χ3n) is 2.91. The number of carbonyl (C=O) groups excluding carboxylic acids is 1. The molecule has 0 spiro atoms. The summed E-state index contributed by atoms with van der Waals surface area (Å²) < 4.78 is 6.94. The Bertz CT molecular complexity index is 743. The summed E-state index contributed by atoms with van der Waals surface area (Å²) in [5, 5.41) is 12.7. The van der Waals surface area contributed by atoms with Crippen molar-refractivity contribution in [3.05, 3.63) is 41.5 Å². The number of amides is 1. The van der Waals surface area contributed by atoms with E-state index in [2.05, 4.69) is 15.6 Å². The number of hydrogen-bond acceptors (Lipinski definition) is 5. The van der Waals surface area contributed by atoms with Crippen molar-refractivity contribution < 1.29 is 9.32 Å². The Morgan fingerprint density at radius 1 is 1.43 bits per heavy atom. The molecule has 1 amide bonds. The summed E-state index contributed by atoms with van der Waals surface area (Å²) in [6, 6.07) is 7.38. The third kappa shape index (κ3) is 2.73. The fraction of sp³-hybridized carbons (Fsp3) is 0.214. The lowest BCUT2D eigenvalue weighted by Gasteiger charge is -2.10. The van der Waals surface area contributed by atoms with Crippen LogP contribution in [0.15, 0.2) is 40.4 Å². The fourth-order valence-electron chi connectivity index (χ4n) is 1.92. The van der Waals surface area contributed by atoms with Gasteiger partial charge in [-0.1, -0.05) is 11.2 Å². The molecule has 0 atom stereocenters. The van der Waals surface area contributed by atoms with E-state index >= 15 is 0 Å². The van der Waals surface area contributed by atoms with Crippen LogP contribution in [-0.2, 0) is 0 Å². The fourth-order valence-corrected chi connectivity index (χ4v) is 2.60. The van der Waals surface area contributed by atoms with E-state index in [4.69, 9.17) is 4.52 Å². The lowest BCUT2D eigenvalue weighted by Crippen LogP contribution is -2.16. The minimum absolute atomic E-state index is 0.161. The SMILES string of the molecule is CC(C)n1nccc1NC(=O)c1cc(-c2cccs2)on1. The van der Waals surface area contributed by atoms with Gasteiger partial charge in [0.15, 0.2) is 11.5 Å². The molecule has 3 rings (SSSR count). The standard InChI is InChI=1S/C14H14N4O2S/c1-9(2)18-13(5-6-15-18)16-14(19)10-8-11(20-17-10)12-4-3-7-21-12/h3-9H,1-2H3,(H,16,19). The first-order valence-electron chi connectivity index (χ1n) is 6.50. The largest absolute Gasteiger partial charge is 0.355 e. The first-order valence-corrected chi connectivity index (χ1v) is 7.38. The molecule has 0 saturated carbocycles. The summed E-state index contributed by atoms with van der Waals surface area (Å²) in [4.78, 5) is 13.1. The van der Waals surface area contributed by atoms with Gasteiger partial charge >= 0.3 is 0 Å². The predicted octanol–water partition coefficient (Wildman–Crippen LogP) is 3.43. The van der Waals surface area contributed by atoms with Crippen molar-refractivity contribution in [2.45, 2.75) is 19.9 Å². The van der Waals surface area contributed by atoms with E-state index in [0.717, 1.165) is 4.88 Å². The Balaban J connectivity index is 1.78. The van der Waals surface area contributed by atoms with Crippen LogP contribution < -0.4 is 5.32 Å². The Kier molecular flexibility index (Phi) is 3.57. The molecule has 0 aromatic carbocycles. The van der Waals surface area contributed by atoms with E-state index in [1.54, 1.807) is 23.0 Å². The van der Waals surface area contributed by atoms with Crippen molar-refractivity contribution in [1.29, 1.82) is 0 Å². The molecule has 7 heteroatoms. The molecule has 108 valence electrons. The zero-order valence-electron chi connectivity index (χ0n) is 11.6. The van der Waals surface area contributed by atoms with Gasteiger partial charge in [0.25, 0.3) is 5.91 Å². The zero-order chi connectivity index (χ0) is 14.8. The molecule has 21 heavy (non-hydrogen) atoms. The van der Waals surface area contributed by atoms with Gasteiger partial charge < -0.3 is 9.84 Å². The van der Waals surface area contributed by atoms with E-state index in [9.17, 15) is 4.79 Å². The minimum Gasteiger partial charge on any atom is -0.355 e. The maximum atomic E-state index is 12.2. The highest BCUT2D eigenvalue weighted by atomic mass is 32.1. The summed E-state index contributed by atoms with van der Waals surface area (Å²) in [6.45, 7) is 3.99. The van der Waals surface area contributed by atoms with Crippen LogP contribution in [0.3, 0.4) is 0 Å². The third-order valence-corrected chi connectivity index (χ3v) is 3.79. The maximum absolute atomic E-state index is 12.2. The number of rotatable bonds is 4. The molecule has 0 unspecified atom stereocenters. The van der Waals surface area contributed by atoms with Gasteiger partial charge in [0.2, 0.25) is 0 Å². The van der Waals surface area contributed by atoms with Crippen molar-refractivity contribution in [2.24, 2.45) is 0 Å². The maximum Gasteiger partial charge on any atom is 0.279 e. The number of carbonyl (C=O) groups is 1. The van der Waals surface area contributed by atoms with E-state index in [0.29, 0.717) is 11.6 Å². The Labute approximate surface area is 125 Å². The average Bonchev–Trinajstić information content (AvgIpc) is 3.19. The Hall–Kier alpha value is -2.41. The van der Waals surface area contributed by atoms with Crippen LogP contribution in [0.5, 0.6) is 0 Å². The van der Waals surface area contributed by atoms with Crippen LogP contribution in [0, 0.1) is 0 Å². The smallest absolute Gasteiger partial charge is 0.279 e. The highest BCUT2D eigenvalue weighted by molar-refractivity contribution is 7.13. The van der Waals surface area contributed by atoms with E-state index in [1.165, 1.54) is 11.3 Å². The Morgan fingerprint density at radius 2 is 2.29 bits per heavy atom. The van der Waals surface area contributed by atoms with Gasteiger partial charge in [-0.15, -0.1) is 11.3 Å². The van der Waals surface area contributed by atoms with Gasteiger partial charge in [0.05, 0.1) is 11.1 Å². The van der Waals surface area contributed by atoms with Crippen molar-refractivity contribution >= 4 is 23.1 Å². The molecular formula is C14H14N4O2S. The van der Waals surface area contributed by atoms with Crippen LogP contribution in [0.1, 0.15) is 30.4 Å². The second-order valence-corrected chi connectivity index (χ2v) is 5.71. The molecule has 0 radical (unpaired) electrons. The van der Waals surface area contributed by atoms with Gasteiger partial charge in [-0.3, -0.25) is 4.79 Å². The number of nitrogens with one attached hydrogen (secondary N) is 1. The highest BCUT2D eigenvalue weighted by Crippen LogP contribution is 2.25. The van der Waals surface area contributed by atoms with Crippen molar-refractivity contribution in [3.8, 4) is 10.6 Å². The highest BCUT2D eigenvalue weighted by Gasteiger charge is 2.16. The lowest BCUT2D eigenvalue weighted by molar-refractivity contribution is 0.101. The Morgan fingerprint density at radius 3 is 3.00 bits per heavy atom. The molecule has 3 aromatic heterocycles. The van der Waals surface area contributed by atoms with Crippen molar-refractivity contribution in [2.75, 3.05) is 5.32 Å². The van der Waals surface area contributed by atoms with Gasteiger partial charge in [0, 0.05) is 18.2 Å². The molecular weight excluding hydrogens is 288 g/mol. The quantitative estimate of drug-likeness (QED) is 0.801. The number of aromatic nitrogens is 3. The van der Waals surface area contributed by atoms with Gasteiger partial charge in [-0.05, 0) is 25.3 Å². The number of nitrogens with zero attached hydrogens (tertiary/aromatic N) is 3. The van der Waals surface area contributed by atoms with Crippen LogP contribution in [0.2, 0.25) is 0 Å². The van der Waals surface area contributed by atoms with E-state index in [1.807, 2.05) is 31.4 Å². The molecule has 0 aliphatic carbocycles. The lowest BCUT2D eigenvalue weighted by atomic mass is 10.3. The molecule has 0 aliphatic heterocycles. The van der Waals surface area contributed by atoms with Gasteiger partial charge in [-0.25, -0.2) is 4.68 Å². The monoisotopic (exact) mass is 302 g/mol. The predicted molar refractivity (Wildman–Crippen MR) is 80.4 cm³/mol. The van der Waals surface area contributed by atoms with E-state index in [-0.39, 0.29) is 17.6 Å². The number of anilines is 1. The molecule has 0 saturated heterocycles. The summed E-state index contributed by atoms with van der Waals surface area (Å²) >= 11 is 1.53. The summed E-state index contributed by atoms with van der Waals surface area (Å²) in [7, 11) is 0. The number of thiophene rings is 1. The van der Waals surface area contributed by atoms with Gasteiger partial charge in [0.1, 0.15) is 5.82 Å². The summed E-state index contributed by atoms with van der Waals surface area (Å²) in [5.74, 6) is 0.909. The average molecular weight is 302 g/mol. The van der Waals surface area contributed by atoms with Crippen molar-refractivity contribution in [3.63, 3.8) is 0 Å². The first-order chi connectivity index (χ1) is 10.1. The zero-order valence-corrected chi connectivity index (χ0v) is 12.4. The molecule has 0 aliphatic rings. The van der Waals surface area contributed by atoms with Gasteiger partial charge in [-0.2, -0.15) is 5.10 Å². The normalized spacial score (nSPS) is 11.0. The minimum atomic E-state index is -0.316. The molecule has 3 heterocycles. The van der Waals surface area contributed by atoms with Crippen LogP contribution in [0.25, 0.3) is 10.6 Å². The second-order valence-electron chi connectivity index (χ2n) is 4.76. The number of hydrogen-bond donors (Lipinski definition) is 1. The molecule has 6 nitrogen and oxygen atoms in total. The van der Waals surface area contributed by atoms with Crippen molar-refractivity contribution in [1.82, 2.24) is 14.9 Å². The second kappa shape index (κ2) is 5.53. The topological polar surface area (TPSA) is 73.0 Å². The summed E-state index contributed by atoms with van der Waals surface area (Å²) in [5.41, 5.74) is 0.245. The molecule has 0 bridgehead atoms. The van der Waals surface area contributed by atoms with Crippen LogP contribution in [0.4, 0.5) is 5.82 Å². The molecule has 3 aromatic rings. The molecule has 0 fully saturated rings. The summed E-state index contributed by atoms with van der Waals surface area (Å²) in [6.07, 6.45) is 1.65. The first kappa shape index (κ1) is 13.6. The van der Waals surface area contributed by atoms with Crippen LogP contribution in [-0.4, -0.2) is 20.8 Å². The molecule has 1 N–H and O–H groups in total. The van der Waals surface area contributed by atoms with Crippen LogP contribution >= 0.6 is 11.3 Å². The van der Waals surface area contributed by atoms with E-state index < -0.39 is 0 Å².